The van der Waals surface area contributed by atoms with Crippen LogP contribution in [0.25, 0.3) is 11.1 Å². The van der Waals surface area contributed by atoms with Gasteiger partial charge in [-0.1, -0.05) is 55.5 Å². The van der Waals surface area contributed by atoms with Crippen LogP contribution < -0.4 is 10.1 Å². The minimum absolute atomic E-state index is 0.00382. The quantitative estimate of drug-likeness (QED) is 0.246. The second-order valence-electron chi connectivity index (χ2n) is 8.88. The van der Waals surface area contributed by atoms with Gasteiger partial charge in [0.2, 0.25) is 5.91 Å². The third-order valence-electron chi connectivity index (χ3n) is 6.17. The predicted molar refractivity (Wildman–Crippen MR) is 145 cm³/mol. The summed E-state index contributed by atoms with van der Waals surface area (Å²) in [5, 5.41) is 2.84. The van der Waals surface area contributed by atoms with Crippen molar-refractivity contribution in [1.82, 2.24) is 0 Å². The Kier molecular flexibility index (Phi) is 8.11. The standard InChI is InChI=1S/C30H26F3NO4S/c1-3-39(36,37)25-14-12-21(13-15-25)18-28(35)34-27-17-16-26(22-8-5-4-6-9-22)29(20(27)2)38-24-11-7-10-23(19-24)30(31,32)33/h4-17,19H,3,18H2,1-2H3,(H,34,35). The Hall–Kier alpha value is -4.11. The molecule has 0 aliphatic rings. The van der Waals surface area contributed by atoms with Crippen molar-refractivity contribution in [2.45, 2.75) is 31.3 Å². The van der Waals surface area contributed by atoms with Gasteiger partial charge in [-0.15, -0.1) is 0 Å². The van der Waals surface area contributed by atoms with Gasteiger partial charge in [0.25, 0.3) is 0 Å². The highest BCUT2D eigenvalue weighted by Crippen LogP contribution is 2.41. The molecule has 202 valence electrons. The lowest BCUT2D eigenvalue weighted by atomic mass is 10.00. The van der Waals surface area contributed by atoms with Crippen LogP contribution in [0.15, 0.2) is 95.9 Å². The monoisotopic (exact) mass is 553 g/mol. The fourth-order valence-corrected chi connectivity index (χ4v) is 4.90. The number of ether oxygens (including phenoxy) is 1. The number of benzene rings is 4. The average Bonchev–Trinajstić information content (AvgIpc) is 2.91. The number of nitrogens with one attached hydrogen (secondary N) is 1. The normalized spacial score (nSPS) is 11.7. The first-order valence-corrected chi connectivity index (χ1v) is 13.8. The van der Waals surface area contributed by atoms with Gasteiger partial charge in [0.1, 0.15) is 11.5 Å². The van der Waals surface area contributed by atoms with E-state index in [0.717, 1.165) is 17.7 Å². The third kappa shape index (κ3) is 6.67. The highest BCUT2D eigenvalue weighted by molar-refractivity contribution is 7.91. The van der Waals surface area contributed by atoms with Gasteiger partial charge in [-0.05, 0) is 60.5 Å². The molecule has 0 aliphatic carbocycles. The largest absolute Gasteiger partial charge is 0.456 e. The van der Waals surface area contributed by atoms with Crippen molar-refractivity contribution in [2.24, 2.45) is 0 Å². The lowest BCUT2D eigenvalue weighted by Crippen LogP contribution is -2.15. The van der Waals surface area contributed by atoms with Crippen LogP contribution in [0.1, 0.15) is 23.6 Å². The van der Waals surface area contributed by atoms with E-state index in [0.29, 0.717) is 28.1 Å². The molecule has 0 aliphatic heterocycles. The van der Waals surface area contributed by atoms with Crippen LogP contribution in [0.3, 0.4) is 0 Å². The zero-order valence-corrected chi connectivity index (χ0v) is 22.1. The van der Waals surface area contributed by atoms with Crippen LogP contribution in [-0.4, -0.2) is 20.1 Å². The van der Waals surface area contributed by atoms with Crippen molar-refractivity contribution in [2.75, 3.05) is 11.1 Å². The smallest absolute Gasteiger partial charge is 0.416 e. The number of amides is 1. The molecule has 0 fully saturated rings. The molecule has 4 rings (SSSR count). The number of carbonyl (C=O) groups is 1. The van der Waals surface area contributed by atoms with Crippen molar-refractivity contribution in [3.05, 3.63) is 108 Å². The topological polar surface area (TPSA) is 72.5 Å². The van der Waals surface area contributed by atoms with Crippen molar-refractivity contribution in [3.8, 4) is 22.6 Å². The van der Waals surface area contributed by atoms with Crippen molar-refractivity contribution in [1.29, 1.82) is 0 Å². The molecule has 9 heteroatoms. The summed E-state index contributed by atoms with van der Waals surface area (Å²) in [5.41, 5.74) is 2.21. The molecular formula is C30H26F3NO4S. The van der Waals surface area contributed by atoms with E-state index in [-0.39, 0.29) is 28.7 Å². The molecule has 4 aromatic carbocycles. The lowest BCUT2D eigenvalue weighted by Gasteiger charge is -2.18. The van der Waals surface area contributed by atoms with Crippen LogP contribution in [0, 0.1) is 6.92 Å². The average molecular weight is 554 g/mol. The van der Waals surface area contributed by atoms with E-state index < -0.39 is 21.6 Å². The maximum atomic E-state index is 13.3. The third-order valence-corrected chi connectivity index (χ3v) is 7.92. The van der Waals surface area contributed by atoms with Gasteiger partial charge < -0.3 is 10.1 Å². The molecule has 0 saturated carbocycles. The Morgan fingerprint density at radius 3 is 2.23 bits per heavy atom. The van der Waals surface area contributed by atoms with Crippen LogP contribution in [0.2, 0.25) is 0 Å². The maximum absolute atomic E-state index is 13.3. The van der Waals surface area contributed by atoms with Gasteiger partial charge in [-0.3, -0.25) is 4.79 Å². The van der Waals surface area contributed by atoms with Crippen LogP contribution in [-0.2, 0) is 27.2 Å². The first kappa shape index (κ1) is 27.9. The Morgan fingerprint density at radius 2 is 1.59 bits per heavy atom. The number of anilines is 1. The Balaban J connectivity index is 1.63. The van der Waals surface area contributed by atoms with E-state index >= 15 is 0 Å². The molecule has 0 heterocycles. The van der Waals surface area contributed by atoms with E-state index in [1.54, 1.807) is 38.1 Å². The molecule has 1 N–H and O–H groups in total. The Bertz CT molecular complexity index is 1580. The number of alkyl halides is 3. The first-order chi connectivity index (χ1) is 18.5. The first-order valence-electron chi connectivity index (χ1n) is 12.1. The highest BCUT2D eigenvalue weighted by Gasteiger charge is 2.30. The van der Waals surface area contributed by atoms with Gasteiger partial charge >= 0.3 is 6.18 Å². The summed E-state index contributed by atoms with van der Waals surface area (Å²) < 4.78 is 69.9. The number of carbonyl (C=O) groups excluding carboxylic acids is 1. The molecule has 0 atom stereocenters. The van der Waals surface area contributed by atoms with Crippen molar-refractivity contribution < 1.29 is 31.1 Å². The van der Waals surface area contributed by atoms with Gasteiger partial charge in [0.05, 0.1) is 22.6 Å². The van der Waals surface area contributed by atoms with Crippen molar-refractivity contribution in [3.63, 3.8) is 0 Å². The van der Waals surface area contributed by atoms with Gasteiger partial charge in [0.15, 0.2) is 9.84 Å². The molecule has 4 aromatic rings. The Morgan fingerprint density at radius 1 is 0.897 bits per heavy atom. The zero-order valence-electron chi connectivity index (χ0n) is 21.2. The summed E-state index contributed by atoms with van der Waals surface area (Å²) in [7, 11) is -3.34. The van der Waals surface area contributed by atoms with E-state index in [1.165, 1.54) is 24.3 Å². The minimum Gasteiger partial charge on any atom is -0.456 e. The number of hydrogen-bond acceptors (Lipinski definition) is 4. The van der Waals surface area contributed by atoms with E-state index in [4.69, 9.17) is 4.74 Å². The molecule has 5 nitrogen and oxygen atoms in total. The van der Waals surface area contributed by atoms with E-state index in [2.05, 4.69) is 5.32 Å². The molecule has 0 unspecified atom stereocenters. The molecule has 0 bridgehead atoms. The van der Waals surface area contributed by atoms with Gasteiger partial charge in [-0.25, -0.2) is 8.42 Å². The summed E-state index contributed by atoms with van der Waals surface area (Å²) in [6.07, 6.45) is -4.53. The fraction of sp³-hybridized carbons (Fsp3) is 0.167. The zero-order chi connectivity index (χ0) is 28.2. The lowest BCUT2D eigenvalue weighted by molar-refractivity contribution is -0.137. The van der Waals surface area contributed by atoms with E-state index in [1.807, 2.05) is 30.3 Å². The summed E-state index contributed by atoms with van der Waals surface area (Å²) in [4.78, 5) is 13.0. The summed E-state index contributed by atoms with van der Waals surface area (Å²) in [5.74, 6) is -0.0412. The molecule has 0 radical (unpaired) electrons. The maximum Gasteiger partial charge on any atom is 0.416 e. The molecule has 39 heavy (non-hydrogen) atoms. The number of sulfone groups is 1. The van der Waals surface area contributed by atoms with Gasteiger partial charge in [-0.2, -0.15) is 13.2 Å². The van der Waals surface area contributed by atoms with Crippen LogP contribution in [0.5, 0.6) is 11.5 Å². The minimum atomic E-state index is -4.52. The molecule has 0 aromatic heterocycles. The van der Waals surface area contributed by atoms with Crippen molar-refractivity contribution >= 4 is 21.4 Å². The second-order valence-corrected chi connectivity index (χ2v) is 11.2. The number of hydrogen-bond donors (Lipinski definition) is 1. The highest BCUT2D eigenvalue weighted by atomic mass is 32.2. The van der Waals surface area contributed by atoms with Gasteiger partial charge in [0, 0.05) is 16.8 Å². The molecular weight excluding hydrogens is 527 g/mol. The number of halogens is 3. The molecule has 0 saturated heterocycles. The SMILES string of the molecule is CCS(=O)(=O)c1ccc(CC(=O)Nc2ccc(-c3ccccc3)c(Oc3cccc(C(F)(F)F)c3)c2C)cc1. The Labute approximate surface area is 225 Å². The second kappa shape index (κ2) is 11.3. The predicted octanol–water partition coefficient (Wildman–Crippen LogP) is 7.45. The fourth-order valence-electron chi connectivity index (χ4n) is 4.02. The summed E-state index contributed by atoms with van der Waals surface area (Å²) >= 11 is 0. The summed E-state index contributed by atoms with van der Waals surface area (Å²) in [6, 6.07) is 23.4. The molecule has 1 amide bonds. The summed E-state index contributed by atoms with van der Waals surface area (Å²) in [6.45, 7) is 3.28. The van der Waals surface area contributed by atoms with E-state index in [9.17, 15) is 26.4 Å². The van der Waals surface area contributed by atoms with Crippen LogP contribution in [0.4, 0.5) is 18.9 Å². The number of rotatable bonds is 8. The molecule has 0 spiro atoms. The van der Waals surface area contributed by atoms with Crippen LogP contribution >= 0.6 is 0 Å².